The van der Waals surface area contributed by atoms with E-state index >= 15 is 0 Å². The highest BCUT2D eigenvalue weighted by Crippen LogP contribution is 2.32. The van der Waals surface area contributed by atoms with Gasteiger partial charge in [-0.15, -0.1) is 0 Å². The quantitative estimate of drug-likeness (QED) is 0.313. The number of imidazole rings is 1. The molecule has 0 aliphatic rings. The van der Waals surface area contributed by atoms with Gasteiger partial charge in [0.15, 0.2) is 5.82 Å². The van der Waals surface area contributed by atoms with Crippen molar-refractivity contribution in [1.29, 1.82) is 0 Å². The van der Waals surface area contributed by atoms with E-state index in [2.05, 4.69) is 50.5 Å². The first-order chi connectivity index (χ1) is 14.6. The molecule has 2 heterocycles. The second-order valence-electron chi connectivity index (χ2n) is 8.44. The number of nitrogens with zero attached hydrogens (tertiary/aromatic N) is 4. The van der Waals surface area contributed by atoms with Gasteiger partial charge in [-0.05, 0) is 47.1 Å². The number of rotatable bonds is 9. The molecule has 0 spiro atoms. The summed E-state index contributed by atoms with van der Waals surface area (Å²) in [6.07, 6.45) is 4.49. The van der Waals surface area contributed by atoms with Crippen LogP contribution in [0, 0.1) is 5.82 Å². The van der Waals surface area contributed by atoms with Gasteiger partial charge in [0.05, 0.1) is 6.20 Å². The summed E-state index contributed by atoms with van der Waals surface area (Å²) in [4.78, 5) is 12.7. The molecular weight excluding hydrogens is 481 g/mol. The minimum absolute atomic E-state index is 0.158. The zero-order valence-corrected chi connectivity index (χ0v) is 20.7. The van der Waals surface area contributed by atoms with Crippen LogP contribution >= 0.6 is 15.9 Å². The van der Waals surface area contributed by atoms with Crippen molar-refractivity contribution in [2.75, 3.05) is 12.3 Å². The van der Waals surface area contributed by atoms with Gasteiger partial charge in [0.2, 0.25) is 0 Å². The van der Waals surface area contributed by atoms with Crippen molar-refractivity contribution in [3.8, 4) is 17.3 Å². The second-order valence-corrected chi connectivity index (χ2v) is 14.9. The van der Waals surface area contributed by atoms with Crippen LogP contribution in [-0.4, -0.2) is 34.2 Å². The van der Waals surface area contributed by atoms with E-state index in [0.717, 1.165) is 11.6 Å². The lowest BCUT2D eigenvalue weighted by Gasteiger charge is -2.19. The number of benzene rings is 1. The molecule has 0 aliphatic carbocycles. The SMILES string of the molecule is C[C@H](Oc1nc(Br)cnc1N)c1cc(F)ccc1-c1nccn1COCC[Si](C)(C)C. The third-order valence-electron chi connectivity index (χ3n) is 4.66. The molecule has 7 nitrogen and oxygen atoms in total. The molecule has 166 valence electrons. The van der Waals surface area contributed by atoms with Gasteiger partial charge in [0.25, 0.3) is 5.88 Å². The molecule has 0 saturated carbocycles. The van der Waals surface area contributed by atoms with E-state index in [1.807, 2.05) is 10.8 Å². The van der Waals surface area contributed by atoms with Crippen molar-refractivity contribution in [3.05, 3.63) is 52.8 Å². The van der Waals surface area contributed by atoms with Crippen LogP contribution in [0.15, 0.2) is 41.4 Å². The highest BCUT2D eigenvalue weighted by molar-refractivity contribution is 9.10. The molecule has 3 aromatic rings. The molecule has 31 heavy (non-hydrogen) atoms. The van der Waals surface area contributed by atoms with Gasteiger partial charge in [0, 0.05) is 38.2 Å². The first-order valence-electron chi connectivity index (χ1n) is 9.97. The number of hydrogen-bond acceptors (Lipinski definition) is 6. The predicted octanol–water partition coefficient (Wildman–Crippen LogP) is 5.28. The molecule has 0 radical (unpaired) electrons. The number of anilines is 1. The highest BCUT2D eigenvalue weighted by Gasteiger charge is 2.20. The minimum Gasteiger partial charge on any atom is -0.467 e. The Bertz CT molecular complexity index is 1040. The van der Waals surface area contributed by atoms with E-state index in [-0.39, 0.29) is 17.5 Å². The summed E-state index contributed by atoms with van der Waals surface area (Å²) in [6.45, 7) is 9.81. The number of nitrogen functional groups attached to an aromatic ring is 1. The first kappa shape index (κ1) is 23.4. The van der Waals surface area contributed by atoms with Gasteiger partial charge in [-0.1, -0.05) is 19.6 Å². The van der Waals surface area contributed by atoms with Crippen LogP contribution in [0.1, 0.15) is 18.6 Å². The van der Waals surface area contributed by atoms with E-state index in [4.69, 9.17) is 15.2 Å². The second kappa shape index (κ2) is 9.88. The lowest BCUT2D eigenvalue weighted by molar-refractivity contribution is 0.0882. The summed E-state index contributed by atoms with van der Waals surface area (Å²) < 4.78 is 28.3. The van der Waals surface area contributed by atoms with Crippen LogP contribution in [-0.2, 0) is 11.5 Å². The number of nitrogens with two attached hydrogens (primary N) is 1. The summed E-state index contributed by atoms with van der Waals surface area (Å²) in [5.74, 6) is 0.638. The van der Waals surface area contributed by atoms with Gasteiger partial charge in [-0.2, -0.15) is 0 Å². The molecular formula is C21H27BrFN5O2Si. The molecule has 10 heteroatoms. The maximum Gasteiger partial charge on any atom is 0.258 e. The average Bonchev–Trinajstić information content (AvgIpc) is 3.15. The van der Waals surface area contributed by atoms with Gasteiger partial charge >= 0.3 is 0 Å². The van der Waals surface area contributed by atoms with Crippen molar-refractivity contribution in [2.24, 2.45) is 0 Å². The largest absolute Gasteiger partial charge is 0.467 e. The molecule has 1 aromatic carbocycles. The van der Waals surface area contributed by atoms with Crippen molar-refractivity contribution in [1.82, 2.24) is 19.5 Å². The molecule has 3 rings (SSSR count). The fraction of sp³-hybridized carbons (Fsp3) is 0.381. The normalized spacial score (nSPS) is 12.7. The monoisotopic (exact) mass is 507 g/mol. The third-order valence-corrected chi connectivity index (χ3v) is 6.75. The number of hydrogen-bond donors (Lipinski definition) is 1. The number of ether oxygens (including phenoxy) is 2. The zero-order valence-electron chi connectivity index (χ0n) is 18.1. The lowest BCUT2D eigenvalue weighted by atomic mass is 10.0. The predicted molar refractivity (Wildman–Crippen MR) is 125 cm³/mol. The Labute approximate surface area is 191 Å². The molecule has 2 N–H and O–H groups in total. The molecule has 0 amide bonds. The fourth-order valence-electron chi connectivity index (χ4n) is 2.95. The molecule has 0 fully saturated rings. The molecule has 1 atom stereocenters. The third kappa shape index (κ3) is 6.34. The average molecular weight is 508 g/mol. The Morgan fingerprint density at radius 3 is 2.77 bits per heavy atom. The Balaban J connectivity index is 1.84. The standard InChI is InChI=1S/C21H27BrFN5O2Si/c1-14(30-21-19(24)26-12-18(22)27-21)17-11-15(23)5-6-16(17)20-25-7-8-28(20)13-29-9-10-31(2,3)4/h5-8,11-12,14H,9-10,13H2,1-4H3,(H2,24,26)/t14-/m0/s1. The summed E-state index contributed by atoms with van der Waals surface area (Å²) in [6, 6.07) is 5.62. The number of aromatic nitrogens is 4. The van der Waals surface area contributed by atoms with Crippen LogP contribution in [0.2, 0.25) is 25.7 Å². The highest BCUT2D eigenvalue weighted by atomic mass is 79.9. The van der Waals surface area contributed by atoms with E-state index in [1.54, 1.807) is 19.2 Å². The summed E-state index contributed by atoms with van der Waals surface area (Å²) in [5.41, 5.74) is 7.24. The molecule has 0 bridgehead atoms. The fourth-order valence-corrected chi connectivity index (χ4v) is 3.97. The van der Waals surface area contributed by atoms with Crippen LogP contribution in [0.5, 0.6) is 5.88 Å². The summed E-state index contributed by atoms with van der Waals surface area (Å²) >= 11 is 3.26. The molecule has 0 unspecified atom stereocenters. The van der Waals surface area contributed by atoms with Gasteiger partial charge in [0.1, 0.15) is 29.1 Å². The Morgan fingerprint density at radius 2 is 2.03 bits per heavy atom. The minimum atomic E-state index is -1.17. The van der Waals surface area contributed by atoms with E-state index < -0.39 is 14.2 Å². The van der Waals surface area contributed by atoms with E-state index in [9.17, 15) is 4.39 Å². The van der Waals surface area contributed by atoms with E-state index in [1.165, 1.54) is 18.3 Å². The molecule has 2 aromatic heterocycles. The van der Waals surface area contributed by atoms with Gasteiger partial charge in [-0.25, -0.2) is 19.3 Å². The van der Waals surface area contributed by atoms with Crippen LogP contribution in [0.25, 0.3) is 11.4 Å². The Morgan fingerprint density at radius 1 is 1.26 bits per heavy atom. The van der Waals surface area contributed by atoms with Crippen molar-refractivity contribution >= 4 is 29.8 Å². The molecule has 0 aliphatic heterocycles. The molecule has 0 saturated heterocycles. The summed E-state index contributed by atoms with van der Waals surface area (Å²) in [5, 5.41) is 0. The maximum atomic E-state index is 14.1. The maximum absolute atomic E-state index is 14.1. The van der Waals surface area contributed by atoms with Crippen LogP contribution < -0.4 is 10.5 Å². The van der Waals surface area contributed by atoms with Crippen molar-refractivity contribution < 1.29 is 13.9 Å². The van der Waals surface area contributed by atoms with Crippen molar-refractivity contribution in [3.63, 3.8) is 0 Å². The lowest BCUT2D eigenvalue weighted by Crippen LogP contribution is -2.22. The number of halogens is 2. The van der Waals surface area contributed by atoms with Crippen LogP contribution in [0.3, 0.4) is 0 Å². The first-order valence-corrected chi connectivity index (χ1v) is 14.5. The van der Waals surface area contributed by atoms with Crippen molar-refractivity contribution in [2.45, 2.75) is 45.4 Å². The topological polar surface area (TPSA) is 88.1 Å². The summed E-state index contributed by atoms with van der Waals surface area (Å²) in [7, 11) is -1.17. The van der Waals surface area contributed by atoms with E-state index in [0.29, 0.717) is 29.3 Å². The smallest absolute Gasteiger partial charge is 0.258 e. The Kier molecular flexibility index (Phi) is 7.45. The van der Waals surface area contributed by atoms with Gasteiger partial charge < -0.3 is 19.8 Å². The van der Waals surface area contributed by atoms with Gasteiger partial charge in [-0.3, -0.25) is 0 Å². The van der Waals surface area contributed by atoms with Crippen LogP contribution in [0.4, 0.5) is 10.2 Å². The Hall–Kier alpha value is -2.30. The zero-order chi connectivity index (χ0) is 22.6.